The summed E-state index contributed by atoms with van der Waals surface area (Å²) in [7, 11) is 0. The van der Waals surface area contributed by atoms with Gasteiger partial charge in [0, 0.05) is 11.3 Å². The zero-order valence-electron chi connectivity index (χ0n) is 8.90. The van der Waals surface area contributed by atoms with Crippen LogP contribution in [0.4, 0.5) is 0 Å². The molecule has 0 saturated heterocycles. The van der Waals surface area contributed by atoms with Crippen LogP contribution in [-0.2, 0) is 4.79 Å². The van der Waals surface area contributed by atoms with Gasteiger partial charge in [-0.05, 0) is 37.7 Å². The maximum atomic E-state index is 10.3. The van der Waals surface area contributed by atoms with Crippen molar-refractivity contribution < 1.29 is 9.90 Å². The number of aliphatic carboxylic acids is 1. The number of hydrogen-bond acceptors (Lipinski definition) is 2. The summed E-state index contributed by atoms with van der Waals surface area (Å²) in [6.07, 6.45) is 2.02. The van der Waals surface area contributed by atoms with Crippen LogP contribution in [0, 0.1) is 6.92 Å². The molecule has 82 valence electrons. The Hall–Kier alpha value is -0.960. The summed E-state index contributed by atoms with van der Waals surface area (Å²) in [4.78, 5) is 11.5. The number of carboxylic acid groups (broad SMARTS) is 1. The van der Waals surface area contributed by atoms with Gasteiger partial charge in [-0.1, -0.05) is 17.7 Å². The van der Waals surface area contributed by atoms with Crippen molar-refractivity contribution in [3.05, 3.63) is 29.8 Å². The molecule has 1 aromatic carbocycles. The minimum absolute atomic E-state index is 0.286. The Morgan fingerprint density at radius 1 is 1.27 bits per heavy atom. The summed E-state index contributed by atoms with van der Waals surface area (Å²) >= 11 is 1.79. The predicted octanol–water partition coefficient (Wildman–Crippen LogP) is 3.34. The zero-order valence-corrected chi connectivity index (χ0v) is 9.72. The number of carboxylic acids is 1. The Balaban J connectivity index is 2.15. The first-order valence-corrected chi connectivity index (χ1v) is 6.08. The second kappa shape index (κ2) is 6.51. The average molecular weight is 224 g/mol. The third-order valence-electron chi connectivity index (χ3n) is 2.07. The number of aryl methyl sites for hydroxylation is 1. The molecule has 0 heterocycles. The van der Waals surface area contributed by atoms with Gasteiger partial charge in [0.05, 0.1) is 0 Å². The molecule has 1 aromatic rings. The van der Waals surface area contributed by atoms with E-state index in [9.17, 15) is 4.79 Å². The molecule has 0 fully saturated rings. The number of benzene rings is 1. The number of unbranched alkanes of at least 4 members (excludes halogenated alkanes) is 1. The van der Waals surface area contributed by atoms with Crippen molar-refractivity contribution >= 4 is 17.7 Å². The third-order valence-corrected chi connectivity index (χ3v) is 3.17. The van der Waals surface area contributed by atoms with Gasteiger partial charge in [0.15, 0.2) is 0 Å². The molecule has 15 heavy (non-hydrogen) atoms. The number of hydrogen-bond donors (Lipinski definition) is 1. The smallest absolute Gasteiger partial charge is 0.303 e. The van der Waals surface area contributed by atoms with Gasteiger partial charge in [-0.15, -0.1) is 11.8 Å². The van der Waals surface area contributed by atoms with E-state index in [1.807, 2.05) is 0 Å². The van der Waals surface area contributed by atoms with Crippen molar-refractivity contribution in [1.29, 1.82) is 0 Å². The van der Waals surface area contributed by atoms with E-state index in [0.29, 0.717) is 0 Å². The molecule has 2 nitrogen and oxygen atoms in total. The number of rotatable bonds is 6. The summed E-state index contributed by atoms with van der Waals surface area (Å²) in [5, 5.41) is 8.45. The molecule has 0 saturated carbocycles. The Morgan fingerprint density at radius 2 is 1.93 bits per heavy atom. The second-order valence-electron chi connectivity index (χ2n) is 3.51. The van der Waals surface area contributed by atoms with Gasteiger partial charge < -0.3 is 5.11 Å². The van der Waals surface area contributed by atoms with Crippen molar-refractivity contribution in [2.75, 3.05) is 5.75 Å². The lowest BCUT2D eigenvalue weighted by atomic mass is 10.2. The topological polar surface area (TPSA) is 37.3 Å². The van der Waals surface area contributed by atoms with E-state index >= 15 is 0 Å². The minimum Gasteiger partial charge on any atom is -0.481 e. The van der Waals surface area contributed by atoms with Crippen LogP contribution in [-0.4, -0.2) is 16.8 Å². The van der Waals surface area contributed by atoms with Crippen LogP contribution in [0.5, 0.6) is 0 Å². The summed E-state index contributed by atoms with van der Waals surface area (Å²) in [5.41, 5.74) is 1.27. The summed E-state index contributed by atoms with van der Waals surface area (Å²) < 4.78 is 0. The Kier molecular flexibility index (Phi) is 5.26. The van der Waals surface area contributed by atoms with Gasteiger partial charge in [-0.2, -0.15) is 0 Å². The largest absolute Gasteiger partial charge is 0.481 e. The zero-order chi connectivity index (χ0) is 11.1. The summed E-state index contributed by atoms with van der Waals surface area (Å²) in [6.45, 7) is 2.07. The lowest BCUT2D eigenvalue weighted by Gasteiger charge is -2.01. The molecular formula is C12H16O2S. The highest BCUT2D eigenvalue weighted by Gasteiger charge is 1.97. The molecule has 1 rings (SSSR count). The fourth-order valence-electron chi connectivity index (χ4n) is 1.20. The van der Waals surface area contributed by atoms with Crippen LogP contribution in [0.1, 0.15) is 24.8 Å². The van der Waals surface area contributed by atoms with Gasteiger partial charge in [0.25, 0.3) is 0 Å². The van der Waals surface area contributed by atoms with Crippen LogP contribution in [0.25, 0.3) is 0 Å². The highest BCUT2D eigenvalue weighted by molar-refractivity contribution is 7.99. The lowest BCUT2D eigenvalue weighted by Crippen LogP contribution is -1.94. The second-order valence-corrected chi connectivity index (χ2v) is 4.68. The van der Waals surface area contributed by atoms with Crippen molar-refractivity contribution in [1.82, 2.24) is 0 Å². The van der Waals surface area contributed by atoms with E-state index < -0.39 is 5.97 Å². The molecule has 0 bridgehead atoms. The first-order chi connectivity index (χ1) is 7.18. The third kappa shape index (κ3) is 5.47. The van der Waals surface area contributed by atoms with Crippen LogP contribution in [0.3, 0.4) is 0 Å². The van der Waals surface area contributed by atoms with Crippen LogP contribution in [0.15, 0.2) is 29.2 Å². The standard InChI is InChI=1S/C12H16O2S/c1-10-5-7-11(8-6-10)15-9-3-2-4-12(13)14/h5-8H,2-4,9H2,1H3,(H,13,14). The fourth-order valence-corrected chi connectivity index (χ4v) is 2.12. The molecule has 1 N–H and O–H groups in total. The first kappa shape index (κ1) is 12.1. The van der Waals surface area contributed by atoms with Crippen molar-refractivity contribution in [2.24, 2.45) is 0 Å². The molecule has 0 spiro atoms. The molecule has 0 aromatic heterocycles. The van der Waals surface area contributed by atoms with Crippen LogP contribution in [0.2, 0.25) is 0 Å². The Bertz CT molecular complexity index is 306. The Morgan fingerprint density at radius 3 is 2.53 bits per heavy atom. The van der Waals surface area contributed by atoms with E-state index in [4.69, 9.17) is 5.11 Å². The van der Waals surface area contributed by atoms with E-state index in [-0.39, 0.29) is 6.42 Å². The molecule has 0 aliphatic carbocycles. The van der Waals surface area contributed by atoms with Crippen molar-refractivity contribution in [2.45, 2.75) is 31.1 Å². The Labute approximate surface area is 94.7 Å². The quantitative estimate of drug-likeness (QED) is 0.595. The van der Waals surface area contributed by atoms with Gasteiger partial charge in [0.2, 0.25) is 0 Å². The van der Waals surface area contributed by atoms with Crippen LogP contribution < -0.4 is 0 Å². The van der Waals surface area contributed by atoms with Gasteiger partial charge in [-0.25, -0.2) is 0 Å². The number of carbonyl (C=O) groups is 1. The molecule has 0 amide bonds. The first-order valence-electron chi connectivity index (χ1n) is 5.10. The molecular weight excluding hydrogens is 208 g/mol. The highest BCUT2D eigenvalue weighted by atomic mass is 32.2. The maximum absolute atomic E-state index is 10.3. The lowest BCUT2D eigenvalue weighted by molar-refractivity contribution is -0.137. The van der Waals surface area contributed by atoms with Gasteiger partial charge >= 0.3 is 5.97 Å². The molecule has 0 aliphatic heterocycles. The fraction of sp³-hybridized carbons (Fsp3) is 0.417. The molecule has 0 radical (unpaired) electrons. The van der Waals surface area contributed by atoms with Gasteiger partial charge in [0.1, 0.15) is 0 Å². The molecule has 0 atom stereocenters. The molecule has 0 unspecified atom stereocenters. The number of thioether (sulfide) groups is 1. The highest BCUT2D eigenvalue weighted by Crippen LogP contribution is 2.19. The minimum atomic E-state index is -0.699. The maximum Gasteiger partial charge on any atom is 0.303 e. The molecule has 3 heteroatoms. The van der Waals surface area contributed by atoms with Crippen molar-refractivity contribution in [3.63, 3.8) is 0 Å². The SMILES string of the molecule is Cc1ccc(SCCCCC(=O)O)cc1. The van der Waals surface area contributed by atoms with Gasteiger partial charge in [-0.3, -0.25) is 4.79 Å². The van der Waals surface area contributed by atoms with E-state index in [1.165, 1.54) is 10.5 Å². The van der Waals surface area contributed by atoms with Crippen LogP contribution >= 0.6 is 11.8 Å². The monoisotopic (exact) mass is 224 g/mol. The normalized spacial score (nSPS) is 10.2. The molecule has 0 aliphatic rings. The average Bonchev–Trinajstić information content (AvgIpc) is 2.20. The van der Waals surface area contributed by atoms with Crippen molar-refractivity contribution in [3.8, 4) is 0 Å². The van der Waals surface area contributed by atoms with E-state index in [1.54, 1.807) is 11.8 Å². The summed E-state index contributed by atoms with van der Waals surface area (Å²) in [6, 6.07) is 8.41. The predicted molar refractivity (Wildman–Crippen MR) is 63.4 cm³/mol. The summed E-state index contributed by atoms with van der Waals surface area (Å²) in [5.74, 6) is 0.298. The van der Waals surface area contributed by atoms with E-state index in [0.717, 1.165) is 18.6 Å². The van der Waals surface area contributed by atoms with E-state index in [2.05, 4.69) is 31.2 Å².